The molecule has 1 saturated heterocycles. The highest BCUT2D eigenvalue weighted by molar-refractivity contribution is 5.92. The van der Waals surface area contributed by atoms with Crippen LogP contribution in [-0.2, 0) is 11.3 Å². The first-order valence-corrected chi connectivity index (χ1v) is 7.30. The van der Waals surface area contributed by atoms with Gasteiger partial charge in [-0.1, -0.05) is 6.07 Å². The highest BCUT2D eigenvalue weighted by Gasteiger charge is 2.13. The molecule has 3 rings (SSSR count). The first-order valence-electron chi connectivity index (χ1n) is 7.30. The minimum atomic E-state index is -0.176. The van der Waals surface area contributed by atoms with Gasteiger partial charge in [-0.05, 0) is 29.8 Å². The lowest BCUT2D eigenvalue weighted by molar-refractivity contribution is 0.0946. The second-order valence-corrected chi connectivity index (χ2v) is 5.02. The molecule has 0 aromatic carbocycles. The Morgan fingerprint density at radius 3 is 2.82 bits per heavy atom. The SMILES string of the molecule is O=C(NCc1ccnc(N2CCOCC2)c1)c1ccccn1. The van der Waals surface area contributed by atoms with Gasteiger partial charge in [-0.25, -0.2) is 4.98 Å². The fourth-order valence-electron chi connectivity index (χ4n) is 2.31. The molecule has 1 aliphatic heterocycles. The monoisotopic (exact) mass is 298 g/mol. The third kappa shape index (κ3) is 3.59. The fourth-order valence-corrected chi connectivity index (χ4v) is 2.31. The molecule has 22 heavy (non-hydrogen) atoms. The van der Waals surface area contributed by atoms with Crippen LogP contribution < -0.4 is 10.2 Å². The van der Waals surface area contributed by atoms with Crippen molar-refractivity contribution in [2.75, 3.05) is 31.2 Å². The summed E-state index contributed by atoms with van der Waals surface area (Å²) >= 11 is 0. The van der Waals surface area contributed by atoms with Gasteiger partial charge >= 0.3 is 0 Å². The Morgan fingerprint density at radius 1 is 1.18 bits per heavy atom. The van der Waals surface area contributed by atoms with Gasteiger partial charge in [0.1, 0.15) is 11.5 Å². The molecule has 0 bridgehead atoms. The Morgan fingerprint density at radius 2 is 2.05 bits per heavy atom. The molecule has 6 heteroatoms. The van der Waals surface area contributed by atoms with E-state index >= 15 is 0 Å². The van der Waals surface area contributed by atoms with Crippen molar-refractivity contribution in [2.24, 2.45) is 0 Å². The van der Waals surface area contributed by atoms with E-state index < -0.39 is 0 Å². The normalized spacial score (nSPS) is 14.6. The van der Waals surface area contributed by atoms with Crippen LogP contribution in [0.15, 0.2) is 42.7 Å². The number of carbonyl (C=O) groups excluding carboxylic acids is 1. The minimum absolute atomic E-state index is 0.176. The van der Waals surface area contributed by atoms with Gasteiger partial charge in [0.15, 0.2) is 0 Å². The van der Waals surface area contributed by atoms with Gasteiger partial charge in [0, 0.05) is 32.0 Å². The van der Waals surface area contributed by atoms with Crippen LogP contribution in [-0.4, -0.2) is 42.2 Å². The smallest absolute Gasteiger partial charge is 0.270 e. The molecule has 0 saturated carbocycles. The molecule has 1 N–H and O–H groups in total. The number of hydrogen-bond donors (Lipinski definition) is 1. The summed E-state index contributed by atoms with van der Waals surface area (Å²) in [6.45, 7) is 3.59. The molecule has 0 radical (unpaired) electrons. The number of pyridine rings is 2. The number of rotatable bonds is 4. The van der Waals surface area contributed by atoms with Crippen molar-refractivity contribution in [3.05, 3.63) is 54.0 Å². The highest BCUT2D eigenvalue weighted by Crippen LogP contribution is 2.14. The first kappa shape index (κ1) is 14.5. The molecule has 6 nitrogen and oxygen atoms in total. The fraction of sp³-hybridized carbons (Fsp3) is 0.312. The van der Waals surface area contributed by atoms with Crippen LogP contribution in [0.25, 0.3) is 0 Å². The summed E-state index contributed by atoms with van der Waals surface area (Å²) in [7, 11) is 0. The van der Waals surface area contributed by atoms with Gasteiger partial charge in [0.2, 0.25) is 0 Å². The summed E-state index contributed by atoms with van der Waals surface area (Å²) in [6, 6.07) is 9.19. The Bertz CT molecular complexity index is 627. The van der Waals surface area contributed by atoms with Gasteiger partial charge in [-0.3, -0.25) is 9.78 Å². The molecule has 0 atom stereocenters. The zero-order valence-corrected chi connectivity index (χ0v) is 12.2. The summed E-state index contributed by atoms with van der Waals surface area (Å²) in [5.41, 5.74) is 1.44. The van der Waals surface area contributed by atoms with Crippen molar-refractivity contribution in [3.63, 3.8) is 0 Å². The third-order valence-corrected chi connectivity index (χ3v) is 3.50. The zero-order chi connectivity index (χ0) is 15.2. The van der Waals surface area contributed by atoms with Gasteiger partial charge in [-0.2, -0.15) is 0 Å². The molecular weight excluding hydrogens is 280 g/mol. The van der Waals surface area contributed by atoms with Crippen LogP contribution in [0.1, 0.15) is 16.1 Å². The largest absolute Gasteiger partial charge is 0.378 e. The van der Waals surface area contributed by atoms with Gasteiger partial charge < -0.3 is 15.0 Å². The highest BCUT2D eigenvalue weighted by atomic mass is 16.5. The van der Waals surface area contributed by atoms with Crippen molar-refractivity contribution in [1.82, 2.24) is 15.3 Å². The molecule has 2 aromatic rings. The van der Waals surface area contributed by atoms with Crippen LogP contribution in [0.3, 0.4) is 0 Å². The molecule has 0 spiro atoms. The number of ether oxygens (including phenoxy) is 1. The lowest BCUT2D eigenvalue weighted by atomic mass is 10.2. The van der Waals surface area contributed by atoms with E-state index in [1.54, 1.807) is 30.6 Å². The number of morpholine rings is 1. The van der Waals surface area contributed by atoms with Crippen LogP contribution in [0.4, 0.5) is 5.82 Å². The number of amides is 1. The van der Waals surface area contributed by atoms with E-state index in [1.165, 1.54) is 0 Å². The molecule has 114 valence electrons. The predicted octanol–water partition coefficient (Wildman–Crippen LogP) is 1.24. The molecule has 3 heterocycles. The van der Waals surface area contributed by atoms with Crippen LogP contribution >= 0.6 is 0 Å². The average Bonchev–Trinajstić information content (AvgIpc) is 2.61. The number of hydrogen-bond acceptors (Lipinski definition) is 5. The van der Waals surface area contributed by atoms with Crippen molar-refractivity contribution in [3.8, 4) is 0 Å². The topological polar surface area (TPSA) is 67.4 Å². The van der Waals surface area contributed by atoms with E-state index in [4.69, 9.17) is 4.74 Å². The summed E-state index contributed by atoms with van der Waals surface area (Å²) in [5.74, 6) is 0.748. The van der Waals surface area contributed by atoms with Gasteiger partial charge in [0.05, 0.1) is 13.2 Å². The van der Waals surface area contributed by atoms with E-state index in [1.807, 2.05) is 12.1 Å². The van der Waals surface area contributed by atoms with Crippen LogP contribution in [0, 0.1) is 0 Å². The van der Waals surface area contributed by atoms with E-state index in [0.29, 0.717) is 12.2 Å². The van der Waals surface area contributed by atoms with Crippen molar-refractivity contribution in [2.45, 2.75) is 6.54 Å². The Labute approximate surface area is 129 Å². The molecule has 1 amide bonds. The number of anilines is 1. The van der Waals surface area contributed by atoms with Gasteiger partial charge in [-0.15, -0.1) is 0 Å². The van der Waals surface area contributed by atoms with E-state index in [0.717, 1.165) is 37.7 Å². The molecular formula is C16H18N4O2. The summed E-state index contributed by atoms with van der Waals surface area (Å²) in [5, 5.41) is 2.87. The maximum absolute atomic E-state index is 12.0. The molecule has 2 aromatic heterocycles. The number of nitrogens with one attached hydrogen (secondary N) is 1. The minimum Gasteiger partial charge on any atom is -0.378 e. The van der Waals surface area contributed by atoms with Crippen LogP contribution in [0.5, 0.6) is 0 Å². The average molecular weight is 298 g/mol. The third-order valence-electron chi connectivity index (χ3n) is 3.50. The van der Waals surface area contributed by atoms with Crippen molar-refractivity contribution in [1.29, 1.82) is 0 Å². The predicted molar refractivity (Wildman–Crippen MR) is 82.7 cm³/mol. The molecule has 1 aliphatic rings. The Kier molecular flexibility index (Phi) is 4.60. The maximum Gasteiger partial charge on any atom is 0.270 e. The summed E-state index contributed by atoms with van der Waals surface area (Å²) < 4.78 is 5.35. The lowest BCUT2D eigenvalue weighted by Crippen LogP contribution is -2.36. The van der Waals surface area contributed by atoms with E-state index in [9.17, 15) is 4.79 Å². The van der Waals surface area contributed by atoms with E-state index in [2.05, 4.69) is 20.2 Å². The number of nitrogens with zero attached hydrogens (tertiary/aromatic N) is 3. The molecule has 1 fully saturated rings. The van der Waals surface area contributed by atoms with E-state index in [-0.39, 0.29) is 5.91 Å². The maximum atomic E-state index is 12.0. The standard InChI is InChI=1S/C16H18N4O2/c21-16(14-3-1-2-5-17-14)19-12-13-4-6-18-15(11-13)20-7-9-22-10-8-20/h1-6,11H,7-10,12H2,(H,19,21). The second-order valence-electron chi connectivity index (χ2n) is 5.02. The lowest BCUT2D eigenvalue weighted by Gasteiger charge is -2.28. The van der Waals surface area contributed by atoms with Gasteiger partial charge in [0.25, 0.3) is 5.91 Å². The molecule has 0 unspecified atom stereocenters. The van der Waals surface area contributed by atoms with Crippen LogP contribution in [0.2, 0.25) is 0 Å². The second kappa shape index (κ2) is 7.00. The number of aromatic nitrogens is 2. The zero-order valence-electron chi connectivity index (χ0n) is 12.2. The van der Waals surface area contributed by atoms with Crippen molar-refractivity contribution >= 4 is 11.7 Å². The number of carbonyl (C=O) groups is 1. The Balaban J connectivity index is 1.62. The van der Waals surface area contributed by atoms with Crippen molar-refractivity contribution < 1.29 is 9.53 Å². The quantitative estimate of drug-likeness (QED) is 0.920. The summed E-state index contributed by atoms with van der Waals surface area (Å²) in [4.78, 5) is 22.6. The first-order chi connectivity index (χ1) is 10.8. The molecule has 0 aliphatic carbocycles. The Hall–Kier alpha value is -2.47. The summed E-state index contributed by atoms with van der Waals surface area (Å²) in [6.07, 6.45) is 3.38.